The van der Waals surface area contributed by atoms with E-state index in [9.17, 15) is 0 Å². The minimum absolute atomic E-state index is 0.422. The molecular formula is C18H28N2O. The number of hydrogen-bond donors (Lipinski definition) is 1. The number of benzene rings is 1. The van der Waals surface area contributed by atoms with Gasteiger partial charge in [-0.3, -0.25) is 4.90 Å². The lowest BCUT2D eigenvalue weighted by atomic mass is 9.81. The van der Waals surface area contributed by atoms with Crippen molar-refractivity contribution in [1.29, 1.82) is 0 Å². The average Bonchev–Trinajstić information content (AvgIpc) is 2.51. The van der Waals surface area contributed by atoms with Gasteiger partial charge in [0.15, 0.2) is 0 Å². The molecule has 1 N–H and O–H groups in total. The summed E-state index contributed by atoms with van der Waals surface area (Å²) >= 11 is 0. The van der Waals surface area contributed by atoms with E-state index in [0.717, 1.165) is 26.3 Å². The quantitative estimate of drug-likeness (QED) is 0.925. The fourth-order valence-electron chi connectivity index (χ4n) is 3.56. The Balaban J connectivity index is 1.66. The Morgan fingerprint density at radius 3 is 2.67 bits per heavy atom. The predicted molar refractivity (Wildman–Crippen MR) is 86.4 cm³/mol. The standard InChI is InChI=1S/C18H28N2O/c1-15-12-19-17(16-6-4-3-5-7-16)13-20(15)14-18(2)8-10-21-11-9-18/h3-7,15,17,19H,8-14H2,1-2H3. The molecular weight excluding hydrogens is 260 g/mol. The molecule has 116 valence electrons. The Kier molecular flexibility index (Phi) is 4.63. The van der Waals surface area contributed by atoms with Crippen LogP contribution in [0.15, 0.2) is 30.3 Å². The van der Waals surface area contributed by atoms with Crippen molar-refractivity contribution < 1.29 is 4.74 Å². The van der Waals surface area contributed by atoms with Crippen LogP contribution < -0.4 is 5.32 Å². The molecule has 2 heterocycles. The molecule has 0 bridgehead atoms. The van der Waals surface area contributed by atoms with E-state index in [2.05, 4.69) is 54.4 Å². The van der Waals surface area contributed by atoms with Gasteiger partial charge in [0.25, 0.3) is 0 Å². The summed E-state index contributed by atoms with van der Waals surface area (Å²) in [4.78, 5) is 2.68. The van der Waals surface area contributed by atoms with Crippen molar-refractivity contribution in [3.63, 3.8) is 0 Å². The molecule has 3 heteroatoms. The summed E-state index contributed by atoms with van der Waals surface area (Å²) in [5.41, 5.74) is 1.83. The van der Waals surface area contributed by atoms with E-state index in [4.69, 9.17) is 4.74 Å². The van der Waals surface area contributed by atoms with Gasteiger partial charge in [-0.15, -0.1) is 0 Å². The highest BCUT2D eigenvalue weighted by Crippen LogP contribution is 2.32. The van der Waals surface area contributed by atoms with Crippen molar-refractivity contribution >= 4 is 0 Å². The van der Waals surface area contributed by atoms with Gasteiger partial charge in [-0.2, -0.15) is 0 Å². The maximum Gasteiger partial charge on any atom is 0.0471 e. The lowest BCUT2D eigenvalue weighted by Gasteiger charge is -2.45. The monoisotopic (exact) mass is 288 g/mol. The molecule has 2 fully saturated rings. The molecule has 0 amide bonds. The molecule has 1 aromatic carbocycles. The zero-order chi connectivity index (χ0) is 14.7. The van der Waals surface area contributed by atoms with Crippen LogP contribution in [0.3, 0.4) is 0 Å². The third-order valence-corrected chi connectivity index (χ3v) is 5.19. The van der Waals surface area contributed by atoms with Crippen molar-refractivity contribution in [2.24, 2.45) is 5.41 Å². The molecule has 0 saturated carbocycles. The van der Waals surface area contributed by atoms with Crippen molar-refractivity contribution in [2.75, 3.05) is 32.8 Å². The first kappa shape index (κ1) is 15.0. The van der Waals surface area contributed by atoms with Gasteiger partial charge in [0, 0.05) is 44.9 Å². The number of rotatable bonds is 3. The van der Waals surface area contributed by atoms with Gasteiger partial charge in [0.05, 0.1) is 0 Å². The van der Waals surface area contributed by atoms with Crippen LogP contribution in [0, 0.1) is 5.41 Å². The molecule has 0 aliphatic carbocycles. The molecule has 2 unspecified atom stereocenters. The molecule has 2 atom stereocenters. The van der Waals surface area contributed by atoms with Crippen molar-refractivity contribution in [3.8, 4) is 0 Å². The molecule has 3 rings (SSSR count). The zero-order valence-corrected chi connectivity index (χ0v) is 13.3. The van der Waals surface area contributed by atoms with Gasteiger partial charge in [-0.1, -0.05) is 37.3 Å². The maximum absolute atomic E-state index is 5.54. The van der Waals surface area contributed by atoms with E-state index >= 15 is 0 Å². The summed E-state index contributed by atoms with van der Waals surface area (Å²) in [7, 11) is 0. The van der Waals surface area contributed by atoms with Crippen LogP contribution in [-0.4, -0.2) is 43.8 Å². The van der Waals surface area contributed by atoms with Gasteiger partial charge in [-0.05, 0) is 30.7 Å². The molecule has 0 radical (unpaired) electrons. The maximum atomic E-state index is 5.54. The van der Waals surface area contributed by atoms with E-state index in [1.165, 1.54) is 24.9 Å². The number of piperazine rings is 1. The lowest BCUT2D eigenvalue weighted by Crippen LogP contribution is -2.54. The van der Waals surface area contributed by atoms with E-state index in [-0.39, 0.29) is 0 Å². The molecule has 3 nitrogen and oxygen atoms in total. The fraction of sp³-hybridized carbons (Fsp3) is 0.667. The third-order valence-electron chi connectivity index (χ3n) is 5.19. The van der Waals surface area contributed by atoms with E-state index < -0.39 is 0 Å². The second-order valence-electron chi connectivity index (χ2n) is 7.07. The van der Waals surface area contributed by atoms with Gasteiger partial charge in [0.2, 0.25) is 0 Å². The van der Waals surface area contributed by atoms with E-state index in [1.807, 2.05) is 0 Å². The number of ether oxygens (including phenoxy) is 1. The Morgan fingerprint density at radius 2 is 1.95 bits per heavy atom. The summed E-state index contributed by atoms with van der Waals surface area (Å²) in [5, 5.41) is 3.70. The average molecular weight is 288 g/mol. The van der Waals surface area contributed by atoms with E-state index in [1.54, 1.807) is 0 Å². The van der Waals surface area contributed by atoms with Crippen LogP contribution in [0.2, 0.25) is 0 Å². The van der Waals surface area contributed by atoms with Gasteiger partial charge in [-0.25, -0.2) is 0 Å². The summed E-state index contributed by atoms with van der Waals surface area (Å²) in [5.74, 6) is 0. The Morgan fingerprint density at radius 1 is 1.24 bits per heavy atom. The summed E-state index contributed by atoms with van der Waals surface area (Å²) in [6.45, 7) is 10.0. The summed E-state index contributed by atoms with van der Waals surface area (Å²) < 4.78 is 5.54. The summed E-state index contributed by atoms with van der Waals surface area (Å²) in [6.07, 6.45) is 2.39. The fourth-order valence-corrected chi connectivity index (χ4v) is 3.56. The van der Waals surface area contributed by atoms with Crippen LogP contribution in [-0.2, 0) is 4.74 Å². The molecule has 0 aromatic heterocycles. The first-order chi connectivity index (χ1) is 10.2. The van der Waals surface area contributed by atoms with Crippen molar-refractivity contribution in [2.45, 2.75) is 38.8 Å². The highest BCUT2D eigenvalue weighted by atomic mass is 16.5. The predicted octanol–water partition coefficient (Wildman–Crippen LogP) is 2.84. The third kappa shape index (κ3) is 3.65. The number of nitrogens with one attached hydrogen (secondary N) is 1. The van der Waals surface area contributed by atoms with Crippen LogP contribution in [0.4, 0.5) is 0 Å². The zero-order valence-electron chi connectivity index (χ0n) is 13.3. The Labute approximate surface area is 128 Å². The lowest BCUT2D eigenvalue weighted by molar-refractivity contribution is -0.00862. The van der Waals surface area contributed by atoms with Crippen LogP contribution in [0.25, 0.3) is 0 Å². The normalized spacial score (nSPS) is 30.2. The van der Waals surface area contributed by atoms with Crippen LogP contribution in [0.1, 0.15) is 38.3 Å². The first-order valence-corrected chi connectivity index (χ1v) is 8.26. The molecule has 21 heavy (non-hydrogen) atoms. The van der Waals surface area contributed by atoms with Gasteiger partial charge in [0.1, 0.15) is 0 Å². The minimum Gasteiger partial charge on any atom is -0.381 e. The smallest absolute Gasteiger partial charge is 0.0471 e. The Hall–Kier alpha value is -0.900. The Bertz CT molecular complexity index is 442. The van der Waals surface area contributed by atoms with Gasteiger partial charge >= 0.3 is 0 Å². The SMILES string of the molecule is CC1CNC(c2ccccc2)CN1CC1(C)CCOCC1. The van der Waals surface area contributed by atoms with Crippen molar-refractivity contribution in [3.05, 3.63) is 35.9 Å². The van der Waals surface area contributed by atoms with E-state index in [0.29, 0.717) is 17.5 Å². The first-order valence-electron chi connectivity index (χ1n) is 8.26. The van der Waals surface area contributed by atoms with Crippen LogP contribution in [0.5, 0.6) is 0 Å². The largest absolute Gasteiger partial charge is 0.381 e. The molecule has 2 saturated heterocycles. The molecule has 2 aliphatic rings. The highest BCUT2D eigenvalue weighted by Gasteiger charge is 2.34. The topological polar surface area (TPSA) is 24.5 Å². The van der Waals surface area contributed by atoms with Crippen LogP contribution >= 0.6 is 0 Å². The van der Waals surface area contributed by atoms with Crippen molar-refractivity contribution in [1.82, 2.24) is 10.2 Å². The number of hydrogen-bond acceptors (Lipinski definition) is 3. The van der Waals surface area contributed by atoms with Gasteiger partial charge < -0.3 is 10.1 Å². The minimum atomic E-state index is 0.422. The molecule has 1 aromatic rings. The second-order valence-corrected chi connectivity index (χ2v) is 7.07. The summed E-state index contributed by atoms with van der Waals surface area (Å²) in [6, 6.07) is 11.9. The highest BCUT2D eigenvalue weighted by molar-refractivity contribution is 5.20. The second kappa shape index (κ2) is 6.47. The molecule has 2 aliphatic heterocycles. The number of nitrogens with zero attached hydrogens (tertiary/aromatic N) is 1. The molecule has 0 spiro atoms.